The van der Waals surface area contributed by atoms with Crippen molar-refractivity contribution in [3.8, 4) is 0 Å². The van der Waals surface area contributed by atoms with Gasteiger partial charge in [0, 0.05) is 13.0 Å². The summed E-state index contributed by atoms with van der Waals surface area (Å²) in [5.74, 6) is 0.548. The van der Waals surface area contributed by atoms with Gasteiger partial charge in [0.05, 0.1) is 18.3 Å². The van der Waals surface area contributed by atoms with Crippen LogP contribution in [0.15, 0.2) is 0 Å². The highest BCUT2D eigenvalue weighted by molar-refractivity contribution is 4.70. The summed E-state index contributed by atoms with van der Waals surface area (Å²) >= 11 is 0. The smallest absolute Gasteiger partial charge is 0.165 e. The zero-order chi connectivity index (χ0) is 22.3. The summed E-state index contributed by atoms with van der Waals surface area (Å²) in [4.78, 5) is 11.1. The molecule has 29 heavy (non-hydrogen) atoms. The van der Waals surface area contributed by atoms with Crippen molar-refractivity contribution in [1.82, 2.24) is 0 Å². The molecule has 4 heteroatoms. The molecule has 0 radical (unpaired) electrons. The Kier molecular flexibility index (Phi) is 16.4. The summed E-state index contributed by atoms with van der Waals surface area (Å²) in [5.41, 5.74) is 0. The zero-order valence-electron chi connectivity index (χ0n) is 21.1. The highest BCUT2D eigenvalue weighted by Gasteiger charge is 2.30. The van der Waals surface area contributed by atoms with Crippen LogP contribution >= 0.6 is 0 Å². The molecule has 0 aromatic carbocycles. The minimum Gasteiger partial charge on any atom is -0.350 e. The summed E-state index contributed by atoms with van der Waals surface area (Å²) in [6.07, 6.45) is 10.2. The molecule has 0 bridgehead atoms. The molecule has 0 rings (SSSR count). The van der Waals surface area contributed by atoms with E-state index in [1.807, 2.05) is 0 Å². The van der Waals surface area contributed by atoms with E-state index in [0.717, 1.165) is 64.4 Å². The predicted octanol–water partition coefficient (Wildman–Crippen LogP) is 7.69. The Labute approximate surface area is 182 Å². The lowest BCUT2D eigenvalue weighted by Gasteiger charge is -2.35. The molecular formula is C25H52O4. The summed E-state index contributed by atoms with van der Waals surface area (Å²) in [5, 5.41) is 0. The highest BCUT2D eigenvalue weighted by atomic mass is 17.2. The van der Waals surface area contributed by atoms with Gasteiger partial charge >= 0.3 is 0 Å². The van der Waals surface area contributed by atoms with Crippen molar-refractivity contribution in [2.75, 3.05) is 6.61 Å². The first-order chi connectivity index (χ1) is 13.7. The average molecular weight is 417 g/mol. The summed E-state index contributed by atoms with van der Waals surface area (Å²) in [6.45, 7) is 20.3. The van der Waals surface area contributed by atoms with Crippen LogP contribution in [-0.2, 0) is 19.2 Å². The van der Waals surface area contributed by atoms with Crippen LogP contribution in [0.1, 0.15) is 120 Å². The van der Waals surface area contributed by atoms with E-state index in [1.54, 1.807) is 0 Å². The summed E-state index contributed by atoms with van der Waals surface area (Å²) < 4.78 is 12.7. The van der Waals surface area contributed by atoms with Crippen LogP contribution < -0.4 is 0 Å². The molecule has 5 unspecified atom stereocenters. The van der Waals surface area contributed by atoms with Crippen molar-refractivity contribution >= 4 is 0 Å². The molecule has 0 fully saturated rings. The van der Waals surface area contributed by atoms with Gasteiger partial charge in [-0.25, -0.2) is 9.78 Å². The molecule has 0 aromatic rings. The number of hydrogen-bond acceptors (Lipinski definition) is 4. The maximum Gasteiger partial charge on any atom is 0.165 e. The second-order valence-corrected chi connectivity index (χ2v) is 9.34. The molecule has 0 saturated heterocycles. The number of hydrogen-bond donors (Lipinski definition) is 0. The van der Waals surface area contributed by atoms with E-state index < -0.39 is 5.79 Å². The van der Waals surface area contributed by atoms with E-state index in [1.165, 1.54) is 0 Å². The van der Waals surface area contributed by atoms with Crippen LogP contribution in [0.25, 0.3) is 0 Å². The molecule has 0 N–H and O–H groups in total. The van der Waals surface area contributed by atoms with Crippen molar-refractivity contribution < 1.29 is 19.2 Å². The average Bonchev–Trinajstić information content (AvgIpc) is 2.69. The Morgan fingerprint density at radius 2 is 1.48 bits per heavy atom. The largest absolute Gasteiger partial charge is 0.350 e. The van der Waals surface area contributed by atoms with Crippen molar-refractivity contribution in [3.63, 3.8) is 0 Å². The van der Waals surface area contributed by atoms with Crippen LogP contribution in [-0.4, -0.2) is 30.7 Å². The normalized spacial score (nSPS) is 18.4. The Morgan fingerprint density at radius 1 is 0.793 bits per heavy atom. The van der Waals surface area contributed by atoms with Crippen molar-refractivity contribution in [2.24, 2.45) is 11.8 Å². The SMILES string of the molecule is CCCCOC(C)(CCCCCC(C)OOC(C)C(C)CC)OC(CC)C(C)C. The highest BCUT2D eigenvalue weighted by Crippen LogP contribution is 2.27. The fraction of sp³-hybridized carbons (Fsp3) is 1.00. The fourth-order valence-electron chi connectivity index (χ4n) is 3.32. The monoisotopic (exact) mass is 416 g/mol. The maximum absolute atomic E-state index is 6.45. The first-order valence-electron chi connectivity index (χ1n) is 12.3. The van der Waals surface area contributed by atoms with E-state index in [-0.39, 0.29) is 18.3 Å². The molecule has 176 valence electrons. The van der Waals surface area contributed by atoms with Crippen LogP contribution in [0.3, 0.4) is 0 Å². The van der Waals surface area contributed by atoms with Gasteiger partial charge in [0.15, 0.2) is 5.79 Å². The van der Waals surface area contributed by atoms with Gasteiger partial charge in [0.25, 0.3) is 0 Å². The molecule has 0 aliphatic heterocycles. The third-order valence-electron chi connectivity index (χ3n) is 6.01. The van der Waals surface area contributed by atoms with E-state index >= 15 is 0 Å². The lowest BCUT2D eigenvalue weighted by molar-refractivity contribution is -0.352. The molecule has 4 nitrogen and oxygen atoms in total. The number of rotatable bonds is 19. The quantitative estimate of drug-likeness (QED) is 0.0935. The van der Waals surface area contributed by atoms with Gasteiger partial charge in [-0.05, 0) is 58.3 Å². The topological polar surface area (TPSA) is 36.9 Å². The second-order valence-electron chi connectivity index (χ2n) is 9.34. The van der Waals surface area contributed by atoms with E-state index in [0.29, 0.717) is 11.8 Å². The first kappa shape index (κ1) is 28.8. The molecule has 0 spiro atoms. The Balaban J connectivity index is 4.28. The third kappa shape index (κ3) is 13.7. The minimum atomic E-state index is -0.475. The molecular weight excluding hydrogens is 364 g/mol. The van der Waals surface area contributed by atoms with Crippen LogP contribution in [0, 0.1) is 11.8 Å². The Morgan fingerprint density at radius 3 is 2.03 bits per heavy atom. The van der Waals surface area contributed by atoms with Crippen molar-refractivity contribution in [1.29, 1.82) is 0 Å². The number of unbranched alkanes of at least 4 members (excludes halogenated alkanes) is 3. The third-order valence-corrected chi connectivity index (χ3v) is 6.01. The fourth-order valence-corrected chi connectivity index (χ4v) is 3.32. The van der Waals surface area contributed by atoms with Gasteiger partial charge in [-0.1, -0.05) is 67.2 Å². The summed E-state index contributed by atoms with van der Waals surface area (Å²) in [7, 11) is 0. The van der Waals surface area contributed by atoms with Gasteiger partial charge in [0.2, 0.25) is 0 Å². The van der Waals surface area contributed by atoms with Gasteiger partial charge in [-0.15, -0.1) is 0 Å². The van der Waals surface area contributed by atoms with Crippen LogP contribution in [0.2, 0.25) is 0 Å². The van der Waals surface area contributed by atoms with Gasteiger partial charge in [-0.2, -0.15) is 0 Å². The van der Waals surface area contributed by atoms with Crippen LogP contribution in [0.5, 0.6) is 0 Å². The molecule has 0 aromatic heterocycles. The van der Waals surface area contributed by atoms with E-state index in [9.17, 15) is 0 Å². The van der Waals surface area contributed by atoms with E-state index in [4.69, 9.17) is 19.2 Å². The van der Waals surface area contributed by atoms with Gasteiger partial charge in [0.1, 0.15) is 0 Å². The second kappa shape index (κ2) is 16.5. The lowest BCUT2D eigenvalue weighted by Crippen LogP contribution is -2.38. The first-order valence-corrected chi connectivity index (χ1v) is 12.3. The predicted molar refractivity (Wildman–Crippen MR) is 123 cm³/mol. The molecule has 0 aliphatic rings. The van der Waals surface area contributed by atoms with Crippen LogP contribution in [0.4, 0.5) is 0 Å². The van der Waals surface area contributed by atoms with E-state index in [2.05, 4.69) is 62.3 Å². The molecule has 5 atom stereocenters. The minimum absolute atomic E-state index is 0.135. The molecule has 0 saturated carbocycles. The summed E-state index contributed by atoms with van der Waals surface area (Å²) in [6, 6.07) is 0. The maximum atomic E-state index is 6.45. The Bertz CT molecular complexity index is 374. The zero-order valence-corrected chi connectivity index (χ0v) is 21.1. The lowest BCUT2D eigenvalue weighted by atomic mass is 10.0. The molecule has 0 amide bonds. The van der Waals surface area contributed by atoms with Crippen molar-refractivity contribution in [2.45, 2.75) is 144 Å². The molecule has 0 heterocycles. The Hall–Kier alpha value is -0.160. The standard InChI is InChI=1S/C25H52O4/c1-10-13-19-26-25(9,27-24(12-3)20(4)5)18-16-14-15-17-22(7)28-29-23(8)21(6)11-2/h20-24H,10-19H2,1-9H3. The van der Waals surface area contributed by atoms with Gasteiger partial charge < -0.3 is 9.47 Å². The van der Waals surface area contributed by atoms with Gasteiger partial charge in [-0.3, -0.25) is 0 Å². The van der Waals surface area contributed by atoms with Crippen molar-refractivity contribution in [3.05, 3.63) is 0 Å². The molecule has 0 aliphatic carbocycles. The number of ether oxygens (including phenoxy) is 2.